The quantitative estimate of drug-likeness (QED) is 0.557. The summed E-state index contributed by atoms with van der Waals surface area (Å²) in [6.45, 7) is -0.442. The Morgan fingerprint density at radius 2 is 1.89 bits per heavy atom. The maximum Gasteiger partial charge on any atom is 0.356 e. The molecule has 0 radical (unpaired) electrons. The second kappa shape index (κ2) is 7.29. The van der Waals surface area contributed by atoms with E-state index in [1.54, 1.807) is 0 Å². The molecule has 0 bridgehead atoms. The molecule has 0 spiro atoms. The van der Waals surface area contributed by atoms with Gasteiger partial charge in [0.05, 0.1) is 18.9 Å². The number of aliphatic hydroxyl groups is 2. The molecule has 8 heteroatoms. The Morgan fingerprint density at radius 1 is 1.26 bits per heavy atom. The summed E-state index contributed by atoms with van der Waals surface area (Å²) >= 11 is 0. The highest BCUT2D eigenvalue weighted by Gasteiger charge is 2.17. The van der Waals surface area contributed by atoms with Crippen molar-refractivity contribution in [1.82, 2.24) is 9.88 Å². The molecule has 1 aromatic rings. The van der Waals surface area contributed by atoms with Gasteiger partial charge in [0.2, 0.25) is 0 Å². The summed E-state index contributed by atoms with van der Waals surface area (Å²) in [6.07, 6.45) is 1.30. The molecular weight excluding hydrogens is 254 g/mol. The van der Waals surface area contributed by atoms with Gasteiger partial charge < -0.3 is 25.5 Å². The fourth-order valence-electron chi connectivity index (χ4n) is 1.43. The van der Waals surface area contributed by atoms with Crippen LogP contribution in [0.15, 0.2) is 18.3 Å². The zero-order valence-corrected chi connectivity index (χ0v) is 10.1. The molecule has 2 amide bonds. The average Bonchev–Trinajstić information content (AvgIpc) is 2.38. The number of aromatic nitrogens is 1. The normalized spacial score (nSPS) is 10.0. The summed E-state index contributed by atoms with van der Waals surface area (Å²) in [5.74, 6) is -1.26. The number of rotatable bonds is 6. The highest BCUT2D eigenvalue weighted by Crippen LogP contribution is 2.12. The predicted molar refractivity (Wildman–Crippen MR) is 66.0 cm³/mol. The van der Waals surface area contributed by atoms with Crippen molar-refractivity contribution in [1.29, 1.82) is 0 Å². The molecule has 19 heavy (non-hydrogen) atoms. The van der Waals surface area contributed by atoms with Gasteiger partial charge in [-0.2, -0.15) is 0 Å². The van der Waals surface area contributed by atoms with Gasteiger partial charge in [-0.3, -0.25) is 0 Å². The van der Waals surface area contributed by atoms with Crippen LogP contribution in [0.2, 0.25) is 0 Å². The van der Waals surface area contributed by atoms with Crippen molar-refractivity contribution in [3.8, 4) is 0 Å². The number of carboxylic acids is 1. The van der Waals surface area contributed by atoms with Crippen LogP contribution < -0.4 is 5.32 Å². The predicted octanol–water partition coefficient (Wildman–Crippen LogP) is -0.402. The Balaban J connectivity index is 2.83. The van der Waals surface area contributed by atoms with Crippen LogP contribution in [-0.2, 0) is 0 Å². The summed E-state index contributed by atoms with van der Waals surface area (Å²) < 4.78 is 0. The Morgan fingerprint density at radius 3 is 2.42 bits per heavy atom. The number of aromatic carboxylic acids is 1. The summed E-state index contributed by atoms with van der Waals surface area (Å²) in [5.41, 5.74) is -0.218. The van der Waals surface area contributed by atoms with Crippen LogP contribution in [0.1, 0.15) is 10.5 Å². The SMILES string of the molecule is O=C(O)c1ncccc1NC(=O)N(CCO)CCO. The minimum atomic E-state index is -1.26. The second-order valence-electron chi connectivity index (χ2n) is 3.57. The molecular formula is C11H15N3O5. The Labute approximate surface area is 109 Å². The maximum atomic E-state index is 11.8. The van der Waals surface area contributed by atoms with Crippen LogP contribution in [0.5, 0.6) is 0 Å². The van der Waals surface area contributed by atoms with Gasteiger partial charge in [-0.1, -0.05) is 0 Å². The van der Waals surface area contributed by atoms with Crippen LogP contribution in [-0.4, -0.2) is 63.5 Å². The van der Waals surface area contributed by atoms with Crippen molar-refractivity contribution >= 4 is 17.7 Å². The average molecular weight is 269 g/mol. The van der Waals surface area contributed by atoms with Crippen LogP contribution >= 0.6 is 0 Å². The van der Waals surface area contributed by atoms with Crippen LogP contribution in [0.25, 0.3) is 0 Å². The van der Waals surface area contributed by atoms with Crippen molar-refractivity contribution < 1.29 is 24.9 Å². The fraction of sp³-hybridized carbons (Fsp3) is 0.364. The number of hydrogen-bond donors (Lipinski definition) is 4. The highest BCUT2D eigenvalue weighted by atomic mass is 16.4. The van der Waals surface area contributed by atoms with E-state index in [-0.39, 0.29) is 37.7 Å². The van der Waals surface area contributed by atoms with Gasteiger partial charge in [0, 0.05) is 19.3 Å². The van der Waals surface area contributed by atoms with E-state index in [0.29, 0.717) is 0 Å². The minimum Gasteiger partial charge on any atom is -0.476 e. The van der Waals surface area contributed by atoms with E-state index in [1.165, 1.54) is 23.2 Å². The van der Waals surface area contributed by atoms with Gasteiger partial charge in [-0.15, -0.1) is 0 Å². The zero-order chi connectivity index (χ0) is 14.3. The molecule has 104 valence electrons. The number of aliphatic hydroxyl groups excluding tert-OH is 2. The summed E-state index contributed by atoms with van der Waals surface area (Å²) in [7, 11) is 0. The number of amides is 2. The number of carbonyl (C=O) groups is 2. The van der Waals surface area contributed by atoms with Crippen molar-refractivity contribution in [3.05, 3.63) is 24.0 Å². The van der Waals surface area contributed by atoms with Crippen LogP contribution in [0, 0.1) is 0 Å². The van der Waals surface area contributed by atoms with E-state index >= 15 is 0 Å². The van der Waals surface area contributed by atoms with E-state index in [4.69, 9.17) is 15.3 Å². The molecule has 8 nitrogen and oxygen atoms in total. The van der Waals surface area contributed by atoms with Gasteiger partial charge in [0.1, 0.15) is 0 Å². The van der Waals surface area contributed by atoms with E-state index < -0.39 is 12.0 Å². The van der Waals surface area contributed by atoms with E-state index in [0.717, 1.165) is 0 Å². The Bertz CT molecular complexity index is 446. The third kappa shape index (κ3) is 4.19. The molecule has 0 aliphatic rings. The van der Waals surface area contributed by atoms with Gasteiger partial charge >= 0.3 is 12.0 Å². The molecule has 0 saturated heterocycles. The van der Waals surface area contributed by atoms with Gasteiger partial charge in [-0.25, -0.2) is 14.6 Å². The maximum absolute atomic E-state index is 11.8. The molecule has 1 aromatic heterocycles. The number of urea groups is 1. The third-order valence-electron chi connectivity index (χ3n) is 2.28. The number of carboxylic acid groups (broad SMARTS) is 1. The first kappa shape index (κ1) is 14.9. The Hall–Kier alpha value is -2.19. The molecule has 1 heterocycles. The number of anilines is 1. The monoisotopic (exact) mass is 269 g/mol. The number of carbonyl (C=O) groups excluding carboxylic acids is 1. The van der Waals surface area contributed by atoms with Crippen LogP contribution in [0.3, 0.4) is 0 Å². The topological polar surface area (TPSA) is 123 Å². The lowest BCUT2D eigenvalue weighted by Gasteiger charge is -2.21. The number of nitrogens with zero attached hydrogens (tertiary/aromatic N) is 2. The van der Waals surface area contributed by atoms with Crippen molar-refractivity contribution in [2.75, 3.05) is 31.6 Å². The van der Waals surface area contributed by atoms with Gasteiger partial charge in [0.25, 0.3) is 0 Å². The second-order valence-corrected chi connectivity index (χ2v) is 3.57. The summed E-state index contributed by atoms with van der Waals surface area (Å²) in [4.78, 5) is 27.6. The van der Waals surface area contributed by atoms with Crippen molar-refractivity contribution in [3.63, 3.8) is 0 Å². The largest absolute Gasteiger partial charge is 0.476 e. The molecule has 0 aliphatic carbocycles. The first-order chi connectivity index (χ1) is 9.10. The molecule has 1 rings (SSSR count). The van der Waals surface area contributed by atoms with Crippen molar-refractivity contribution in [2.45, 2.75) is 0 Å². The Kier molecular flexibility index (Phi) is 5.71. The lowest BCUT2D eigenvalue weighted by atomic mass is 10.3. The molecule has 4 N–H and O–H groups in total. The zero-order valence-electron chi connectivity index (χ0n) is 10.1. The molecule has 0 fully saturated rings. The van der Waals surface area contributed by atoms with Crippen molar-refractivity contribution in [2.24, 2.45) is 0 Å². The molecule has 0 saturated carbocycles. The number of nitrogens with one attached hydrogen (secondary N) is 1. The fourth-order valence-corrected chi connectivity index (χ4v) is 1.43. The van der Waals surface area contributed by atoms with E-state index in [2.05, 4.69) is 10.3 Å². The highest BCUT2D eigenvalue weighted by molar-refractivity contribution is 5.98. The third-order valence-corrected chi connectivity index (χ3v) is 2.28. The lowest BCUT2D eigenvalue weighted by Crippen LogP contribution is -2.39. The number of hydrogen-bond acceptors (Lipinski definition) is 5. The first-order valence-electron chi connectivity index (χ1n) is 5.56. The molecule has 0 atom stereocenters. The standard InChI is InChI=1S/C11H15N3O5/c15-6-4-14(5-7-16)11(19)13-8-2-1-3-12-9(8)10(17)18/h1-3,15-16H,4-7H2,(H,13,19)(H,17,18). The smallest absolute Gasteiger partial charge is 0.356 e. The van der Waals surface area contributed by atoms with E-state index in [9.17, 15) is 9.59 Å². The van der Waals surface area contributed by atoms with Crippen LogP contribution in [0.4, 0.5) is 10.5 Å². The molecule has 0 aromatic carbocycles. The van der Waals surface area contributed by atoms with E-state index in [1.807, 2.05) is 0 Å². The van der Waals surface area contributed by atoms with Gasteiger partial charge in [-0.05, 0) is 12.1 Å². The minimum absolute atomic E-state index is 0.0368. The number of pyridine rings is 1. The molecule has 0 aliphatic heterocycles. The lowest BCUT2D eigenvalue weighted by molar-refractivity contribution is 0.0691. The summed E-state index contributed by atoms with van der Waals surface area (Å²) in [6, 6.07) is 2.29. The first-order valence-corrected chi connectivity index (χ1v) is 5.56. The molecule has 0 unspecified atom stereocenters. The van der Waals surface area contributed by atoms with Gasteiger partial charge in [0.15, 0.2) is 5.69 Å². The summed E-state index contributed by atoms with van der Waals surface area (Å²) in [5, 5.41) is 28.9.